The predicted octanol–water partition coefficient (Wildman–Crippen LogP) is 5.19. The van der Waals surface area contributed by atoms with Gasteiger partial charge in [0.05, 0.1) is 0 Å². The minimum atomic E-state index is -0.168. The van der Waals surface area contributed by atoms with E-state index in [1.807, 2.05) is 42.5 Å². The van der Waals surface area contributed by atoms with Crippen LogP contribution in [-0.4, -0.2) is 12.5 Å². The molecule has 1 amide bonds. The van der Waals surface area contributed by atoms with Crippen LogP contribution in [0.3, 0.4) is 0 Å². The Balaban J connectivity index is 1.98. The lowest BCUT2D eigenvalue weighted by Gasteiger charge is -2.14. The van der Waals surface area contributed by atoms with Crippen LogP contribution in [0.4, 0.5) is 5.69 Å². The molecule has 1 N–H and O–H groups in total. The highest BCUT2D eigenvalue weighted by atomic mass is 127. The van der Waals surface area contributed by atoms with E-state index in [4.69, 9.17) is 4.74 Å². The summed E-state index contributed by atoms with van der Waals surface area (Å²) in [6.07, 6.45) is 0. The van der Waals surface area contributed by atoms with Gasteiger partial charge in [-0.3, -0.25) is 4.79 Å². The van der Waals surface area contributed by atoms with Gasteiger partial charge < -0.3 is 10.1 Å². The molecule has 0 aliphatic carbocycles. The van der Waals surface area contributed by atoms with Crippen LogP contribution in [0.2, 0.25) is 0 Å². The van der Waals surface area contributed by atoms with Crippen molar-refractivity contribution in [1.82, 2.24) is 0 Å². The Morgan fingerprint density at radius 3 is 2.55 bits per heavy atom. The van der Waals surface area contributed by atoms with Crippen LogP contribution in [0.1, 0.15) is 25.3 Å². The van der Waals surface area contributed by atoms with Gasteiger partial charge in [-0.1, -0.05) is 29.8 Å². The largest absolute Gasteiger partial charge is 0.483 e. The fourth-order valence-corrected chi connectivity index (χ4v) is 2.71. The number of rotatable bonds is 5. The molecule has 0 heterocycles. The third-order valence-corrected chi connectivity index (χ3v) is 4.29. The molecule has 2 rings (SSSR count). The molecule has 0 unspecified atom stereocenters. The molecule has 0 saturated heterocycles. The summed E-state index contributed by atoms with van der Waals surface area (Å²) in [5.74, 6) is 0.904. The average molecular weight is 474 g/mol. The average Bonchev–Trinajstić information content (AvgIpc) is 2.48. The lowest BCUT2D eigenvalue weighted by molar-refractivity contribution is -0.118. The van der Waals surface area contributed by atoms with Gasteiger partial charge in [-0.15, -0.1) is 0 Å². The summed E-state index contributed by atoms with van der Waals surface area (Å²) < 4.78 is 7.81. The fourth-order valence-electron chi connectivity index (χ4n) is 1.98. The van der Waals surface area contributed by atoms with Crippen molar-refractivity contribution in [3.05, 3.63) is 56.1 Å². The summed E-state index contributed by atoms with van der Waals surface area (Å²) in [6, 6.07) is 13.5. The highest BCUT2D eigenvalue weighted by Crippen LogP contribution is 2.29. The van der Waals surface area contributed by atoms with Crippen LogP contribution >= 0.6 is 38.5 Å². The highest BCUT2D eigenvalue weighted by molar-refractivity contribution is 14.1. The van der Waals surface area contributed by atoms with Crippen molar-refractivity contribution in [2.45, 2.75) is 19.8 Å². The maximum absolute atomic E-state index is 12.0. The number of benzene rings is 2. The van der Waals surface area contributed by atoms with E-state index < -0.39 is 0 Å². The van der Waals surface area contributed by atoms with Gasteiger partial charge in [0.25, 0.3) is 5.91 Å². The minimum Gasteiger partial charge on any atom is -0.483 e. The first kappa shape index (κ1) is 17.3. The van der Waals surface area contributed by atoms with Crippen LogP contribution in [-0.2, 0) is 4.79 Å². The van der Waals surface area contributed by atoms with Gasteiger partial charge in [0.2, 0.25) is 0 Å². The first-order chi connectivity index (χ1) is 10.5. The van der Waals surface area contributed by atoms with Crippen molar-refractivity contribution in [3.8, 4) is 5.75 Å². The molecular formula is C17H17BrINO2. The SMILES string of the molecule is CC(C)c1cc(Br)ccc1OCC(=O)Nc1ccc(I)cc1. The Kier molecular flexibility index (Phi) is 6.26. The topological polar surface area (TPSA) is 38.3 Å². The number of halogens is 2. The van der Waals surface area contributed by atoms with Crippen LogP contribution in [0.15, 0.2) is 46.9 Å². The molecule has 5 heteroatoms. The Morgan fingerprint density at radius 2 is 1.91 bits per heavy atom. The van der Waals surface area contributed by atoms with Gasteiger partial charge in [-0.25, -0.2) is 0 Å². The quantitative estimate of drug-likeness (QED) is 0.606. The molecule has 2 aromatic carbocycles. The first-order valence-corrected chi connectivity index (χ1v) is 8.80. The number of nitrogens with one attached hydrogen (secondary N) is 1. The third kappa shape index (κ3) is 4.98. The molecule has 0 radical (unpaired) electrons. The molecule has 0 fully saturated rings. The van der Waals surface area contributed by atoms with E-state index in [9.17, 15) is 4.79 Å². The molecule has 0 atom stereocenters. The molecule has 2 aromatic rings. The van der Waals surface area contributed by atoms with Crippen LogP contribution in [0.5, 0.6) is 5.75 Å². The third-order valence-electron chi connectivity index (χ3n) is 3.08. The number of carbonyl (C=O) groups is 1. The lowest BCUT2D eigenvalue weighted by Crippen LogP contribution is -2.20. The van der Waals surface area contributed by atoms with Crippen molar-refractivity contribution >= 4 is 50.1 Å². The van der Waals surface area contributed by atoms with Gasteiger partial charge >= 0.3 is 0 Å². The second-order valence-corrected chi connectivity index (χ2v) is 7.34. The number of hydrogen-bond acceptors (Lipinski definition) is 2. The molecule has 0 aliphatic heterocycles. The van der Waals surface area contributed by atoms with E-state index in [1.54, 1.807) is 0 Å². The maximum atomic E-state index is 12.0. The summed E-state index contributed by atoms with van der Waals surface area (Å²) >= 11 is 5.68. The standard InChI is InChI=1S/C17H17BrINO2/c1-11(2)15-9-12(18)3-8-16(15)22-10-17(21)20-14-6-4-13(19)5-7-14/h3-9,11H,10H2,1-2H3,(H,20,21). The zero-order valence-electron chi connectivity index (χ0n) is 12.4. The van der Waals surface area contributed by atoms with Gasteiger partial charge in [0.1, 0.15) is 5.75 Å². The molecule has 0 bridgehead atoms. The highest BCUT2D eigenvalue weighted by Gasteiger charge is 2.10. The molecule has 0 aromatic heterocycles. The summed E-state index contributed by atoms with van der Waals surface area (Å²) in [5.41, 5.74) is 1.85. The van der Waals surface area contributed by atoms with Gasteiger partial charge in [-0.2, -0.15) is 0 Å². The summed E-state index contributed by atoms with van der Waals surface area (Å²) in [6.45, 7) is 4.19. The van der Waals surface area contributed by atoms with Crippen LogP contribution in [0.25, 0.3) is 0 Å². The molecule has 0 saturated carbocycles. The van der Waals surface area contributed by atoms with Crippen molar-refractivity contribution in [1.29, 1.82) is 0 Å². The number of anilines is 1. The first-order valence-electron chi connectivity index (χ1n) is 6.93. The number of carbonyl (C=O) groups excluding carboxylic acids is 1. The summed E-state index contributed by atoms with van der Waals surface area (Å²) in [7, 11) is 0. The number of hydrogen-bond donors (Lipinski definition) is 1. The van der Waals surface area contributed by atoms with E-state index in [0.29, 0.717) is 5.92 Å². The van der Waals surface area contributed by atoms with E-state index in [-0.39, 0.29) is 12.5 Å². The molecule has 22 heavy (non-hydrogen) atoms. The van der Waals surface area contributed by atoms with E-state index in [1.165, 1.54) is 0 Å². The predicted molar refractivity (Wildman–Crippen MR) is 102 cm³/mol. The maximum Gasteiger partial charge on any atom is 0.262 e. The fraction of sp³-hybridized carbons (Fsp3) is 0.235. The van der Waals surface area contributed by atoms with Gasteiger partial charge in [-0.05, 0) is 76.5 Å². The van der Waals surface area contributed by atoms with Gasteiger partial charge in [0, 0.05) is 13.7 Å². The van der Waals surface area contributed by atoms with Crippen molar-refractivity contribution < 1.29 is 9.53 Å². The Bertz CT molecular complexity index is 656. The van der Waals surface area contributed by atoms with E-state index in [0.717, 1.165) is 25.0 Å². The van der Waals surface area contributed by atoms with Crippen molar-refractivity contribution in [2.24, 2.45) is 0 Å². The normalized spacial score (nSPS) is 10.6. The Morgan fingerprint density at radius 1 is 1.23 bits per heavy atom. The minimum absolute atomic E-state index is 0.00661. The Labute approximate surface area is 152 Å². The summed E-state index contributed by atoms with van der Waals surface area (Å²) in [5, 5.41) is 2.82. The second-order valence-electron chi connectivity index (χ2n) is 5.18. The molecular weight excluding hydrogens is 457 g/mol. The van der Waals surface area contributed by atoms with Crippen LogP contribution < -0.4 is 10.1 Å². The molecule has 0 aliphatic rings. The smallest absolute Gasteiger partial charge is 0.262 e. The molecule has 0 spiro atoms. The zero-order chi connectivity index (χ0) is 16.1. The summed E-state index contributed by atoms with van der Waals surface area (Å²) in [4.78, 5) is 12.0. The monoisotopic (exact) mass is 473 g/mol. The van der Waals surface area contributed by atoms with Crippen molar-refractivity contribution in [3.63, 3.8) is 0 Å². The lowest BCUT2D eigenvalue weighted by atomic mass is 10.0. The second kappa shape index (κ2) is 7.97. The van der Waals surface area contributed by atoms with E-state index in [2.05, 4.69) is 57.7 Å². The zero-order valence-corrected chi connectivity index (χ0v) is 16.1. The van der Waals surface area contributed by atoms with Crippen LogP contribution in [0, 0.1) is 3.57 Å². The van der Waals surface area contributed by atoms with Crippen molar-refractivity contribution in [2.75, 3.05) is 11.9 Å². The number of ether oxygens (including phenoxy) is 1. The molecule has 116 valence electrons. The van der Waals surface area contributed by atoms with E-state index >= 15 is 0 Å². The Hall–Kier alpha value is -1.08. The number of amides is 1. The van der Waals surface area contributed by atoms with Gasteiger partial charge in [0.15, 0.2) is 6.61 Å². The molecule has 3 nitrogen and oxygen atoms in total.